The van der Waals surface area contributed by atoms with Crippen LogP contribution in [0.15, 0.2) is 24.3 Å². The molecule has 106 valence electrons. The molecule has 4 nitrogen and oxygen atoms in total. The topological polar surface area (TPSA) is 44.2 Å². The number of hydrogen-bond acceptors (Lipinski definition) is 4. The highest BCUT2D eigenvalue weighted by Crippen LogP contribution is 2.19. The number of nitrogens with zero attached hydrogens (tertiary/aromatic N) is 2. The van der Waals surface area contributed by atoms with Crippen LogP contribution in [0.2, 0.25) is 5.15 Å². The molecule has 2 rings (SSSR count). The summed E-state index contributed by atoms with van der Waals surface area (Å²) < 4.78 is 10.8. The first-order valence-corrected chi connectivity index (χ1v) is 6.74. The van der Waals surface area contributed by atoms with Crippen molar-refractivity contribution in [2.24, 2.45) is 0 Å². The third kappa shape index (κ3) is 3.84. The van der Waals surface area contributed by atoms with E-state index in [-0.39, 0.29) is 0 Å². The van der Waals surface area contributed by atoms with E-state index in [9.17, 15) is 0 Å². The molecular formula is C15H17ClN2O2. The molecule has 0 unspecified atom stereocenters. The Kier molecular flexibility index (Phi) is 4.79. The minimum Gasteiger partial charge on any atom is -0.493 e. The summed E-state index contributed by atoms with van der Waals surface area (Å²) in [6.45, 7) is 4.55. The summed E-state index contributed by atoms with van der Waals surface area (Å²) in [5.74, 6) is 1.96. The Morgan fingerprint density at radius 3 is 2.70 bits per heavy atom. The van der Waals surface area contributed by atoms with E-state index in [1.54, 1.807) is 13.2 Å². The highest BCUT2D eigenvalue weighted by atomic mass is 35.5. The van der Waals surface area contributed by atoms with Crippen molar-refractivity contribution in [1.82, 2.24) is 9.97 Å². The first kappa shape index (κ1) is 14.6. The highest BCUT2D eigenvalue weighted by molar-refractivity contribution is 6.29. The minimum absolute atomic E-state index is 0.374. The van der Waals surface area contributed by atoms with Gasteiger partial charge >= 0.3 is 0 Å². The molecule has 0 spiro atoms. The van der Waals surface area contributed by atoms with E-state index in [2.05, 4.69) is 16.0 Å². The Bertz CT molecular complexity index is 602. The van der Waals surface area contributed by atoms with Crippen LogP contribution in [-0.2, 0) is 6.42 Å². The molecule has 0 fully saturated rings. The van der Waals surface area contributed by atoms with E-state index < -0.39 is 0 Å². The van der Waals surface area contributed by atoms with Gasteiger partial charge in [0.15, 0.2) is 0 Å². The Hall–Kier alpha value is -1.81. The number of ether oxygens (including phenoxy) is 2. The van der Waals surface area contributed by atoms with E-state index in [0.717, 1.165) is 11.3 Å². The summed E-state index contributed by atoms with van der Waals surface area (Å²) >= 11 is 5.90. The molecule has 1 aromatic carbocycles. The second-order valence-electron chi connectivity index (χ2n) is 4.52. The number of methoxy groups -OCH3 is 1. The normalized spacial score (nSPS) is 10.4. The van der Waals surface area contributed by atoms with Gasteiger partial charge in [-0.15, -0.1) is 0 Å². The minimum atomic E-state index is 0.374. The molecule has 0 bridgehead atoms. The zero-order valence-corrected chi connectivity index (χ0v) is 12.6. The number of rotatable bonds is 5. The fourth-order valence-electron chi connectivity index (χ4n) is 1.77. The van der Waals surface area contributed by atoms with Gasteiger partial charge in [-0.2, -0.15) is 4.98 Å². The Balaban J connectivity index is 1.99. The zero-order valence-electron chi connectivity index (χ0n) is 11.8. The number of aromatic nitrogens is 2. The molecule has 2 aromatic rings. The van der Waals surface area contributed by atoms with E-state index in [1.165, 1.54) is 5.56 Å². The molecule has 20 heavy (non-hydrogen) atoms. The van der Waals surface area contributed by atoms with Crippen LogP contribution in [0, 0.1) is 13.8 Å². The Morgan fingerprint density at radius 1 is 1.15 bits per heavy atom. The van der Waals surface area contributed by atoms with E-state index in [1.807, 2.05) is 26.0 Å². The molecule has 1 heterocycles. The number of benzene rings is 1. The van der Waals surface area contributed by atoms with Crippen LogP contribution in [0.5, 0.6) is 11.6 Å². The van der Waals surface area contributed by atoms with Gasteiger partial charge in [-0.1, -0.05) is 23.7 Å². The second kappa shape index (κ2) is 6.57. The van der Waals surface area contributed by atoms with Crippen molar-refractivity contribution < 1.29 is 9.47 Å². The lowest BCUT2D eigenvalue weighted by atomic mass is 10.1. The molecule has 0 saturated heterocycles. The predicted molar refractivity (Wildman–Crippen MR) is 78.7 cm³/mol. The third-order valence-electron chi connectivity index (χ3n) is 2.85. The van der Waals surface area contributed by atoms with Crippen LogP contribution in [0.25, 0.3) is 0 Å². The van der Waals surface area contributed by atoms with Crippen LogP contribution in [0.4, 0.5) is 0 Å². The molecule has 0 aliphatic rings. The van der Waals surface area contributed by atoms with Gasteiger partial charge in [0.05, 0.1) is 13.7 Å². The van der Waals surface area contributed by atoms with Crippen molar-refractivity contribution in [1.29, 1.82) is 0 Å². The molecule has 1 aromatic heterocycles. The summed E-state index contributed by atoms with van der Waals surface area (Å²) in [7, 11) is 1.55. The van der Waals surface area contributed by atoms with Gasteiger partial charge in [-0.3, -0.25) is 0 Å². The van der Waals surface area contributed by atoms with E-state index in [0.29, 0.717) is 29.9 Å². The molecule has 0 amide bonds. The number of hydrogen-bond donors (Lipinski definition) is 0. The summed E-state index contributed by atoms with van der Waals surface area (Å²) in [4.78, 5) is 8.37. The average Bonchev–Trinajstić information content (AvgIpc) is 2.42. The molecule has 5 heteroatoms. The zero-order chi connectivity index (χ0) is 14.5. The Morgan fingerprint density at radius 2 is 1.95 bits per heavy atom. The third-order valence-corrected chi connectivity index (χ3v) is 3.05. The van der Waals surface area contributed by atoms with Gasteiger partial charge in [0.2, 0.25) is 5.88 Å². The van der Waals surface area contributed by atoms with Gasteiger partial charge in [-0.05, 0) is 31.0 Å². The molecule has 0 radical (unpaired) electrons. The maximum atomic E-state index is 5.90. The molecule has 0 aliphatic carbocycles. The van der Waals surface area contributed by atoms with Crippen LogP contribution in [0.1, 0.15) is 17.0 Å². The van der Waals surface area contributed by atoms with Crippen molar-refractivity contribution >= 4 is 11.6 Å². The molecule has 0 N–H and O–H groups in total. The summed E-state index contributed by atoms with van der Waals surface area (Å²) in [6, 6.07) is 7.71. The van der Waals surface area contributed by atoms with E-state index >= 15 is 0 Å². The standard InChI is InChI=1S/C15H17ClN2O2/c1-10-4-5-11(2)12(8-10)20-7-6-14-17-13(16)9-15(18-14)19-3/h4-5,8-9H,6-7H2,1-3H3. The second-order valence-corrected chi connectivity index (χ2v) is 4.90. The van der Waals surface area contributed by atoms with Crippen molar-refractivity contribution in [3.05, 3.63) is 46.4 Å². The first-order chi connectivity index (χ1) is 9.58. The summed E-state index contributed by atoms with van der Waals surface area (Å²) in [5, 5.41) is 0.374. The first-order valence-electron chi connectivity index (χ1n) is 6.36. The van der Waals surface area contributed by atoms with Crippen molar-refractivity contribution in [3.63, 3.8) is 0 Å². The maximum Gasteiger partial charge on any atom is 0.217 e. The average molecular weight is 293 g/mol. The Labute approximate surface area is 123 Å². The molecular weight excluding hydrogens is 276 g/mol. The summed E-state index contributed by atoms with van der Waals surface area (Å²) in [6.07, 6.45) is 0.574. The fraction of sp³-hybridized carbons (Fsp3) is 0.333. The van der Waals surface area contributed by atoms with Gasteiger partial charge in [0.25, 0.3) is 0 Å². The number of aryl methyl sites for hydroxylation is 2. The molecule has 0 aliphatic heterocycles. The maximum absolute atomic E-state index is 5.90. The number of halogens is 1. The van der Waals surface area contributed by atoms with Crippen molar-refractivity contribution in [2.45, 2.75) is 20.3 Å². The van der Waals surface area contributed by atoms with Crippen molar-refractivity contribution in [3.8, 4) is 11.6 Å². The summed E-state index contributed by atoms with van der Waals surface area (Å²) in [5.41, 5.74) is 2.28. The van der Waals surface area contributed by atoms with Gasteiger partial charge in [-0.25, -0.2) is 4.98 Å². The van der Waals surface area contributed by atoms with Gasteiger partial charge in [0, 0.05) is 12.5 Å². The predicted octanol–water partition coefficient (Wildman–Crippen LogP) is 3.38. The quantitative estimate of drug-likeness (QED) is 0.793. The lowest BCUT2D eigenvalue weighted by Crippen LogP contribution is -2.06. The lowest BCUT2D eigenvalue weighted by molar-refractivity contribution is 0.315. The molecule has 0 saturated carbocycles. The highest BCUT2D eigenvalue weighted by Gasteiger charge is 2.05. The lowest BCUT2D eigenvalue weighted by Gasteiger charge is -2.10. The van der Waals surface area contributed by atoms with Crippen LogP contribution in [0.3, 0.4) is 0 Å². The van der Waals surface area contributed by atoms with E-state index in [4.69, 9.17) is 21.1 Å². The van der Waals surface area contributed by atoms with Gasteiger partial charge in [0.1, 0.15) is 16.7 Å². The van der Waals surface area contributed by atoms with Crippen LogP contribution >= 0.6 is 11.6 Å². The SMILES string of the molecule is COc1cc(Cl)nc(CCOc2cc(C)ccc2C)n1. The fourth-order valence-corrected chi connectivity index (χ4v) is 1.96. The monoisotopic (exact) mass is 292 g/mol. The van der Waals surface area contributed by atoms with Gasteiger partial charge < -0.3 is 9.47 Å². The smallest absolute Gasteiger partial charge is 0.217 e. The molecule has 0 atom stereocenters. The largest absolute Gasteiger partial charge is 0.493 e. The van der Waals surface area contributed by atoms with Crippen LogP contribution < -0.4 is 9.47 Å². The van der Waals surface area contributed by atoms with Crippen molar-refractivity contribution in [2.75, 3.05) is 13.7 Å². The van der Waals surface area contributed by atoms with Crippen LogP contribution in [-0.4, -0.2) is 23.7 Å².